The standard InChI is InChI=1S/C13H24O4/c1-2-13(15-9-10-16-13)8-4-6-11-5-3-7-12(14)17-11/h11-12,14H,2-10H2,1H3. The van der Waals surface area contributed by atoms with Gasteiger partial charge in [0.1, 0.15) is 0 Å². The van der Waals surface area contributed by atoms with Crippen molar-refractivity contribution in [2.75, 3.05) is 13.2 Å². The van der Waals surface area contributed by atoms with E-state index in [2.05, 4.69) is 6.92 Å². The van der Waals surface area contributed by atoms with Crippen LogP contribution in [0.25, 0.3) is 0 Å². The predicted octanol–water partition coefficient (Wildman–Crippen LogP) is 2.20. The first kappa shape index (κ1) is 13.3. The first-order chi connectivity index (χ1) is 8.24. The van der Waals surface area contributed by atoms with Crippen molar-refractivity contribution in [3.8, 4) is 0 Å². The Bertz CT molecular complexity index is 225. The number of aliphatic hydroxyl groups excluding tert-OH is 1. The zero-order valence-corrected chi connectivity index (χ0v) is 10.7. The van der Waals surface area contributed by atoms with E-state index in [4.69, 9.17) is 14.2 Å². The summed E-state index contributed by atoms with van der Waals surface area (Å²) in [5.74, 6) is -0.340. The highest BCUT2D eigenvalue weighted by molar-refractivity contribution is 4.74. The highest BCUT2D eigenvalue weighted by Crippen LogP contribution is 2.30. The van der Waals surface area contributed by atoms with Crippen LogP contribution in [0.15, 0.2) is 0 Å². The fraction of sp³-hybridized carbons (Fsp3) is 1.00. The van der Waals surface area contributed by atoms with Crippen LogP contribution in [0.3, 0.4) is 0 Å². The van der Waals surface area contributed by atoms with Gasteiger partial charge in [-0.15, -0.1) is 0 Å². The summed E-state index contributed by atoms with van der Waals surface area (Å²) in [5.41, 5.74) is 0. The summed E-state index contributed by atoms with van der Waals surface area (Å²) >= 11 is 0. The van der Waals surface area contributed by atoms with E-state index in [-0.39, 0.29) is 11.9 Å². The maximum atomic E-state index is 9.42. The summed E-state index contributed by atoms with van der Waals surface area (Å²) in [6.07, 6.45) is 6.44. The molecule has 0 amide bonds. The highest BCUT2D eigenvalue weighted by atomic mass is 16.7. The Labute approximate surface area is 103 Å². The molecule has 0 aliphatic carbocycles. The van der Waals surface area contributed by atoms with E-state index in [1.165, 1.54) is 0 Å². The molecule has 2 atom stereocenters. The summed E-state index contributed by atoms with van der Waals surface area (Å²) in [6.45, 7) is 3.53. The maximum absolute atomic E-state index is 9.42. The second kappa shape index (κ2) is 6.14. The van der Waals surface area contributed by atoms with Gasteiger partial charge in [-0.25, -0.2) is 0 Å². The van der Waals surface area contributed by atoms with E-state index in [9.17, 15) is 5.11 Å². The molecule has 4 nitrogen and oxygen atoms in total. The molecule has 2 aliphatic rings. The van der Waals surface area contributed by atoms with Crippen molar-refractivity contribution >= 4 is 0 Å². The Morgan fingerprint density at radius 3 is 2.65 bits per heavy atom. The largest absolute Gasteiger partial charge is 0.368 e. The van der Waals surface area contributed by atoms with Gasteiger partial charge in [-0.1, -0.05) is 6.92 Å². The maximum Gasteiger partial charge on any atom is 0.168 e. The third kappa shape index (κ3) is 3.65. The lowest BCUT2D eigenvalue weighted by molar-refractivity contribution is -0.176. The van der Waals surface area contributed by atoms with Crippen LogP contribution in [-0.4, -0.2) is 36.5 Å². The Morgan fingerprint density at radius 1 is 1.24 bits per heavy atom. The molecule has 2 saturated heterocycles. The van der Waals surface area contributed by atoms with Crippen LogP contribution in [-0.2, 0) is 14.2 Å². The summed E-state index contributed by atoms with van der Waals surface area (Å²) < 4.78 is 16.9. The van der Waals surface area contributed by atoms with E-state index in [0.717, 1.165) is 44.9 Å². The smallest absolute Gasteiger partial charge is 0.168 e. The SMILES string of the molecule is CCC1(CCCC2CCCC(O)O2)OCCO1. The summed E-state index contributed by atoms with van der Waals surface area (Å²) in [4.78, 5) is 0. The minimum absolute atomic E-state index is 0.217. The molecule has 0 bridgehead atoms. The van der Waals surface area contributed by atoms with Crippen molar-refractivity contribution in [3.05, 3.63) is 0 Å². The van der Waals surface area contributed by atoms with E-state index >= 15 is 0 Å². The van der Waals surface area contributed by atoms with Gasteiger partial charge in [0.05, 0.1) is 19.3 Å². The van der Waals surface area contributed by atoms with E-state index < -0.39 is 6.29 Å². The van der Waals surface area contributed by atoms with Gasteiger partial charge >= 0.3 is 0 Å². The van der Waals surface area contributed by atoms with Crippen LogP contribution in [0.2, 0.25) is 0 Å². The quantitative estimate of drug-likeness (QED) is 0.805. The molecule has 4 heteroatoms. The van der Waals surface area contributed by atoms with Crippen LogP contribution >= 0.6 is 0 Å². The van der Waals surface area contributed by atoms with Crippen LogP contribution in [0.5, 0.6) is 0 Å². The molecule has 0 spiro atoms. The fourth-order valence-electron chi connectivity index (χ4n) is 2.71. The lowest BCUT2D eigenvalue weighted by atomic mass is 9.99. The molecule has 2 rings (SSSR count). The molecule has 0 aromatic carbocycles. The Balaban J connectivity index is 1.67. The molecule has 2 unspecified atom stereocenters. The zero-order chi connectivity index (χ0) is 12.1. The van der Waals surface area contributed by atoms with Gasteiger partial charge in [0, 0.05) is 6.42 Å². The van der Waals surface area contributed by atoms with Crippen molar-refractivity contribution in [1.82, 2.24) is 0 Å². The Hall–Kier alpha value is -0.160. The van der Waals surface area contributed by atoms with Crippen molar-refractivity contribution in [2.45, 2.75) is 70.1 Å². The van der Waals surface area contributed by atoms with E-state index in [1.54, 1.807) is 0 Å². The lowest BCUT2D eigenvalue weighted by Gasteiger charge is -2.29. The van der Waals surface area contributed by atoms with Gasteiger partial charge in [0.2, 0.25) is 0 Å². The van der Waals surface area contributed by atoms with E-state index in [1.807, 2.05) is 0 Å². The molecule has 2 fully saturated rings. The number of hydrogen-bond acceptors (Lipinski definition) is 4. The van der Waals surface area contributed by atoms with Crippen molar-refractivity contribution < 1.29 is 19.3 Å². The Morgan fingerprint density at radius 2 is 2.00 bits per heavy atom. The van der Waals surface area contributed by atoms with Crippen LogP contribution in [0.4, 0.5) is 0 Å². The molecule has 0 saturated carbocycles. The van der Waals surface area contributed by atoms with Gasteiger partial charge < -0.3 is 19.3 Å². The van der Waals surface area contributed by atoms with Gasteiger partial charge in [-0.3, -0.25) is 0 Å². The van der Waals surface area contributed by atoms with Crippen molar-refractivity contribution in [1.29, 1.82) is 0 Å². The third-order valence-corrected chi connectivity index (χ3v) is 3.76. The average molecular weight is 244 g/mol. The highest BCUT2D eigenvalue weighted by Gasteiger charge is 2.34. The van der Waals surface area contributed by atoms with Crippen LogP contribution in [0.1, 0.15) is 51.9 Å². The van der Waals surface area contributed by atoms with Gasteiger partial charge in [-0.2, -0.15) is 0 Å². The molecule has 17 heavy (non-hydrogen) atoms. The second-order valence-corrected chi connectivity index (χ2v) is 5.00. The van der Waals surface area contributed by atoms with Gasteiger partial charge in [0.15, 0.2) is 12.1 Å². The molecule has 2 aliphatic heterocycles. The molecular weight excluding hydrogens is 220 g/mol. The Kier molecular flexibility index (Phi) is 4.79. The van der Waals surface area contributed by atoms with Gasteiger partial charge in [0.25, 0.3) is 0 Å². The molecule has 100 valence electrons. The normalized spacial score (nSPS) is 32.8. The van der Waals surface area contributed by atoms with Crippen molar-refractivity contribution in [3.63, 3.8) is 0 Å². The first-order valence-corrected chi connectivity index (χ1v) is 6.85. The third-order valence-electron chi connectivity index (χ3n) is 3.76. The predicted molar refractivity (Wildman–Crippen MR) is 63.5 cm³/mol. The zero-order valence-electron chi connectivity index (χ0n) is 10.7. The van der Waals surface area contributed by atoms with E-state index in [0.29, 0.717) is 13.2 Å². The van der Waals surface area contributed by atoms with Crippen molar-refractivity contribution in [2.24, 2.45) is 0 Å². The molecule has 0 radical (unpaired) electrons. The molecule has 0 aromatic heterocycles. The number of aliphatic hydroxyl groups is 1. The molecule has 1 N–H and O–H groups in total. The summed E-state index contributed by atoms with van der Waals surface area (Å²) in [6, 6.07) is 0. The fourth-order valence-corrected chi connectivity index (χ4v) is 2.71. The lowest BCUT2D eigenvalue weighted by Crippen LogP contribution is -2.31. The monoisotopic (exact) mass is 244 g/mol. The molecular formula is C13H24O4. The topological polar surface area (TPSA) is 47.9 Å². The summed E-state index contributed by atoms with van der Waals surface area (Å²) in [7, 11) is 0. The average Bonchev–Trinajstić information content (AvgIpc) is 2.79. The second-order valence-electron chi connectivity index (χ2n) is 5.00. The van der Waals surface area contributed by atoms with Gasteiger partial charge in [-0.05, 0) is 38.5 Å². The number of rotatable bonds is 5. The number of hydrogen-bond donors (Lipinski definition) is 1. The summed E-state index contributed by atoms with van der Waals surface area (Å²) in [5, 5.41) is 9.42. The molecule has 0 aromatic rings. The minimum Gasteiger partial charge on any atom is -0.368 e. The van der Waals surface area contributed by atoms with Crippen LogP contribution in [0, 0.1) is 0 Å². The first-order valence-electron chi connectivity index (χ1n) is 6.85. The molecule has 2 heterocycles. The van der Waals surface area contributed by atoms with Crippen LogP contribution < -0.4 is 0 Å². The minimum atomic E-state index is -0.548. The number of ether oxygens (including phenoxy) is 3.